The molecule has 1 aromatic heterocycles. The predicted molar refractivity (Wildman–Crippen MR) is 51.5 cm³/mol. The van der Waals surface area contributed by atoms with Crippen molar-refractivity contribution < 1.29 is 4.39 Å². The van der Waals surface area contributed by atoms with E-state index in [0.29, 0.717) is 16.9 Å². The summed E-state index contributed by atoms with van der Waals surface area (Å²) >= 11 is 1.33. The lowest BCUT2D eigenvalue weighted by atomic mass is 10.4. The molecule has 0 radical (unpaired) electrons. The molecule has 0 amide bonds. The van der Waals surface area contributed by atoms with E-state index in [1.165, 1.54) is 11.8 Å². The maximum atomic E-state index is 11.9. The summed E-state index contributed by atoms with van der Waals surface area (Å²) in [5.74, 6) is 0.779. The Bertz CT molecular complexity index is 273. The highest BCUT2D eigenvalue weighted by molar-refractivity contribution is 7.99. The summed E-state index contributed by atoms with van der Waals surface area (Å²) in [6.45, 7) is 3.61. The first-order valence-electron chi connectivity index (χ1n) is 4.06. The number of alkyl halides is 1. The fraction of sp³-hybridized carbons (Fsp3) is 0.714. The molecule has 4 nitrogen and oxygen atoms in total. The van der Waals surface area contributed by atoms with Crippen molar-refractivity contribution >= 4 is 17.7 Å². The van der Waals surface area contributed by atoms with Gasteiger partial charge in [0.15, 0.2) is 5.16 Å². The van der Waals surface area contributed by atoms with Gasteiger partial charge in [0.1, 0.15) is 0 Å². The first-order chi connectivity index (χ1) is 6.16. The van der Waals surface area contributed by atoms with E-state index in [-0.39, 0.29) is 12.7 Å². The first kappa shape index (κ1) is 10.3. The number of hydrogen-bond acceptors (Lipinski definition) is 4. The Kier molecular flexibility index (Phi) is 3.53. The zero-order valence-electron chi connectivity index (χ0n) is 7.70. The maximum absolute atomic E-state index is 11.9. The number of halogens is 1. The molecule has 0 bridgehead atoms. The van der Waals surface area contributed by atoms with Crippen LogP contribution in [0.2, 0.25) is 0 Å². The lowest BCUT2D eigenvalue weighted by Crippen LogP contribution is -2.07. The normalized spacial score (nSPS) is 11.1. The smallest absolute Gasteiger partial charge is 0.222 e. The minimum Gasteiger partial charge on any atom is -0.368 e. The van der Waals surface area contributed by atoms with Crippen LogP contribution in [0.1, 0.15) is 19.9 Å². The molecule has 6 heteroatoms. The van der Waals surface area contributed by atoms with E-state index in [0.717, 1.165) is 0 Å². The molecule has 0 aliphatic heterocycles. The molecule has 0 aliphatic carbocycles. The quantitative estimate of drug-likeness (QED) is 0.755. The van der Waals surface area contributed by atoms with Crippen molar-refractivity contribution in [1.82, 2.24) is 14.8 Å². The third-order valence-corrected chi connectivity index (χ3v) is 2.41. The van der Waals surface area contributed by atoms with E-state index in [2.05, 4.69) is 10.2 Å². The van der Waals surface area contributed by atoms with Crippen LogP contribution in [0.25, 0.3) is 0 Å². The third-order valence-electron chi connectivity index (χ3n) is 1.52. The number of aromatic nitrogens is 3. The number of hydrogen-bond donors (Lipinski definition) is 1. The molecule has 0 aliphatic rings. The minimum atomic E-state index is -0.366. The van der Waals surface area contributed by atoms with Gasteiger partial charge in [0, 0.05) is 11.8 Å². The summed E-state index contributed by atoms with van der Waals surface area (Å²) in [5.41, 5.74) is 5.60. The van der Waals surface area contributed by atoms with Gasteiger partial charge in [-0.2, -0.15) is 0 Å². The summed E-state index contributed by atoms with van der Waals surface area (Å²) in [7, 11) is 0. The average molecular weight is 204 g/mol. The Balaban J connectivity index is 2.81. The molecule has 0 atom stereocenters. The van der Waals surface area contributed by atoms with Gasteiger partial charge in [-0.25, -0.2) is 0 Å². The van der Waals surface area contributed by atoms with E-state index in [1.807, 2.05) is 13.8 Å². The number of nitrogens with zero attached hydrogens (tertiary/aromatic N) is 3. The van der Waals surface area contributed by atoms with E-state index in [4.69, 9.17) is 5.73 Å². The zero-order valence-corrected chi connectivity index (χ0v) is 8.51. The molecular formula is C7H13FN4S. The van der Waals surface area contributed by atoms with Crippen LogP contribution < -0.4 is 5.73 Å². The molecule has 0 unspecified atom stereocenters. The highest BCUT2D eigenvalue weighted by Crippen LogP contribution is 2.21. The van der Waals surface area contributed by atoms with E-state index in [1.54, 1.807) is 4.57 Å². The fourth-order valence-corrected chi connectivity index (χ4v) is 1.80. The zero-order chi connectivity index (χ0) is 9.84. The van der Waals surface area contributed by atoms with Crippen molar-refractivity contribution in [3.63, 3.8) is 0 Å². The summed E-state index contributed by atoms with van der Waals surface area (Å²) < 4.78 is 13.7. The van der Waals surface area contributed by atoms with Crippen LogP contribution in [0.5, 0.6) is 0 Å². The standard InChI is InChI=1S/C7H13FN4S/c1-5(2)12-6(9)10-11-7(12)13-4-3-8/h5H,3-4H2,1-2H3,(H2,9,10). The second-order valence-electron chi connectivity index (χ2n) is 2.84. The average Bonchev–Trinajstić information content (AvgIpc) is 2.43. The Hall–Kier alpha value is -0.780. The Morgan fingerprint density at radius 3 is 2.77 bits per heavy atom. The summed E-state index contributed by atoms with van der Waals surface area (Å²) in [5, 5.41) is 8.28. The fourth-order valence-electron chi connectivity index (χ4n) is 1.00. The molecule has 74 valence electrons. The molecule has 0 aromatic carbocycles. The molecule has 1 rings (SSSR count). The van der Waals surface area contributed by atoms with Crippen LogP contribution >= 0.6 is 11.8 Å². The largest absolute Gasteiger partial charge is 0.368 e. The van der Waals surface area contributed by atoms with Crippen molar-refractivity contribution in [2.45, 2.75) is 25.0 Å². The number of thioether (sulfide) groups is 1. The molecule has 1 heterocycles. The van der Waals surface area contributed by atoms with Gasteiger partial charge in [-0.15, -0.1) is 10.2 Å². The Labute approximate surface area is 80.7 Å². The van der Waals surface area contributed by atoms with Gasteiger partial charge in [0.2, 0.25) is 5.95 Å². The van der Waals surface area contributed by atoms with Crippen LogP contribution in [0, 0.1) is 0 Å². The Morgan fingerprint density at radius 1 is 1.54 bits per heavy atom. The minimum absolute atomic E-state index is 0.206. The highest BCUT2D eigenvalue weighted by Gasteiger charge is 2.11. The number of nitrogen functional groups attached to an aromatic ring is 1. The first-order valence-corrected chi connectivity index (χ1v) is 5.04. The molecule has 13 heavy (non-hydrogen) atoms. The van der Waals surface area contributed by atoms with Crippen molar-refractivity contribution in [1.29, 1.82) is 0 Å². The predicted octanol–water partition coefficient (Wildman–Crippen LogP) is 1.50. The topological polar surface area (TPSA) is 56.7 Å². The number of rotatable bonds is 4. The van der Waals surface area contributed by atoms with Gasteiger partial charge < -0.3 is 5.73 Å². The molecule has 0 fully saturated rings. The molecule has 0 saturated heterocycles. The highest BCUT2D eigenvalue weighted by atomic mass is 32.2. The molecule has 0 saturated carbocycles. The SMILES string of the molecule is CC(C)n1c(N)nnc1SCCF. The lowest BCUT2D eigenvalue weighted by Gasteiger charge is -2.10. The summed E-state index contributed by atoms with van der Waals surface area (Å²) in [6.07, 6.45) is 0. The van der Waals surface area contributed by atoms with Crippen LogP contribution in [-0.4, -0.2) is 27.2 Å². The van der Waals surface area contributed by atoms with Gasteiger partial charge in [0.25, 0.3) is 0 Å². The van der Waals surface area contributed by atoms with Crippen LogP contribution in [0.3, 0.4) is 0 Å². The van der Waals surface area contributed by atoms with Gasteiger partial charge in [-0.3, -0.25) is 8.96 Å². The maximum Gasteiger partial charge on any atom is 0.222 e. The van der Waals surface area contributed by atoms with Gasteiger partial charge in [-0.05, 0) is 13.8 Å². The number of nitrogens with two attached hydrogens (primary N) is 1. The second-order valence-corrected chi connectivity index (χ2v) is 3.90. The van der Waals surface area contributed by atoms with E-state index in [9.17, 15) is 4.39 Å². The third kappa shape index (κ3) is 2.33. The van der Waals surface area contributed by atoms with Crippen LogP contribution in [-0.2, 0) is 0 Å². The van der Waals surface area contributed by atoms with Crippen molar-refractivity contribution in [3.05, 3.63) is 0 Å². The van der Waals surface area contributed by atoms with Gasteiger partial charge in [0.05, 0.1) is 6.67 Å². The Morgan fingerprint density at radius 2 is 2.23 bits per heavy atom. The number of anilines is 1. The van der Waals surface area contributed by atoms with Gasteiger partial charge >= 0.3 is 0 Å². The lowest BCUT2D eigenvalue weighted by molar-refractivity contribution is 0.529. The van der Waals surface area contributed by atoms with Crippen molar-refractivity contribution in [2.24, 2.45) is 0 Å². The molecular weight excluding hydrogens is 191 g/mol. The van der Waals surface area contributed by atoms with Crippen LogP contribution in [0.4, 0.5) is 10.3 Å². The van der Waals surface area contributed by atoms with Crippen molar-refractivity contribution in [2.75, 3.05) is 18.2 Å². The van der Waals surface area contributed by atoms with Crippen LogP contribution in [0.15, 0.2) is 5.16 Å². The van der Waals surface area contributed by atoms with E-state index < -0.39 is 0 Å². The molecule has 1 aromatic rings. The molecule has 0 spiro atoms. The summed E-state index contributed by atoms with van der Waals surface area (Å²) in [4.78, 5) is 0. The second kappa shape index (κ2) is 4.45. The van der Waals surface area contributed by atoms with Gasteiger partial charge in [-0.1, -0.05) is 11.8 Å². The monoisotopic (exact) mass is 204 g/mol. The van der Waals surface area contributed by atoms with Crippen molar-refractivity contribution in [3.8, 4) is 0 Å². The summed E-state index contributed by atoms with van der Waals surface area (Å²) in [6, 6.07) is 0.206. The molecule has 2 N–H and O–H groups in total. The van der Waals surface area contributed by atoms with E-state index >= 15 is 0 Å².